The van der Waals surface area contributed by atoms with Crippen molar-refractivity contribution in [3.63, 3.8) is 0 Å². The first kappa shape index (κ1) is 15.4. The maximum atomic E-state index is 6.35. The fraction of sp³-hybridized carbons (Fsp3) is 0.389. The SMILES string of the molecule is Cc1nc(N2CCC(C)CC2)c2cnn(-c3ccccc3Cl)c2n1. The molecule has 1 aliphatic heterocycles. The number of nitrogens with zero attached hydrogens (tertiary/aromatic N) is 5. The quantitative estimate of drug-likeness (QED) is 0.706. The van der Waals surface area contributed by atoms with E-state index in [4.69, 9.17) is 16.6 Å². The van der Waals surface area contributed by atoms with Crippen LogP contribution in [0.3, 0.4) is 0 Å². The van der Waals surface area contributed by atoms with Crippen molar-refractivity contribution in [3.05, 3.63) is 41.3 Å². The Bertz CT molecular complexity index is 880. The van der Waals surface area contributed by atoms with Crippen molar-refractivity contribution >= 4 is 28.5 Å². The van der Waals surface area contributed by atoms with E-state index in [0.717, 1.165) is 47.4 Å². The first-order chi connectivity index (χ1) is 11.6. The summed E-state index contributed by atoms with van der Waals surface area (Å²) in [6, 6.07) is 7.69. The van der Waals surface area contributed by atoms with Gasteiger partial charge in [-0.05, 0) is 37.8 Å². The molecule has 0 unspecified atom stereocenters. The molecule has 0 amide bonds. The lowest BCUT2D eigenvalue weighted by Crippen LogP contribution is -2.33. The molecule has 124 valence electrons. The molecule has 0 atom stereocenters. The number of aryl methyl sites for hydroxylation is 1. The summed E-state index contributed by atoms with van der Waals surface area (Å²) in [5.74, 6) is 2.53. The van der Waals surface area contributed by atoms with Crippen LogP contribution in [0.5, 0.6) is 0 Å². The van der Waals surface area contributed by atoms with E-state index < -0.39 is 0 Å². The predicted octanol–water partition coefficient (Wildman–Crippen LogP) is 4.01. The van der Waals surface area contributed by atoms with E-state index >= 15 is 0 Å². The minimum Gasteiger partial charge on any atom is -0.356 e. The topological polar surface area (TPSA) is 46.8 Å². The average Bonchev–Trinajstić information content (AvgIpc) is 2.99. The van der Waals surface area contributed by atoms with Crippen molar-refractivity contribution in [3.8, 4) is 5.69 Å². The van der Waals surface area contributed by atoms with Gasteiger partial charge in [0.15, 0.2) is 5.65 Å². The molecule has 3 aromatic rings. The van der Waals surface area contributed by atoms with E-state index in [0.29, 0.717) is 5.02 Å². The summed E-state index contributed by atoms with van der Waals surface area (Å²) >= 11 is 6.35. The third-order valence-electron chi connectivity index (χ3n) is 4.68. The van der Waals surface area contributed by atoms with Gasteiger partial charge in [0.2, 0.25) is 0 Å². The Morgan fingerprint density at radius 2 is 1.88 bits per heavy atom. The molecule has 1 aliphatic rings. The average molecular weight is 342 g/mol. The van der Waals surface area contributed by atoms with E-state index in [1.807, 2.05) is 42.1 Å². The summed E-state index contributed by atoms with van der Waals surface area (Å²) in [7, 11) is 0. The van der Waals surface area contributed by atoms with Gasteiger partial charge in [0.1, 0.15) is 11.6 Å². The summed E-state index contributed by atoms with van der Waals surface area (Å²) in [5, 5.41) is 6.18. The summed E-state index contributed by atoms with van der Waals surface area (Å²) in [6.07, 6.45) is 4.25. The first-order valence-corrected chi connectivity index (χ1v) is 8.73. The van der Waals surface area contributed by atoms with Crippen LogP contribution in [0.15, 0.2) is 30.5 Å². The van der Waals surface area contributed by atoms with Gasteiger partial charge in [-0.2, -0.15) is 5.10 Å². The number of aromatic nitrogens is 4. The first-order valence-electron chi connectivity index (χ1n) is 8.35. The summed E-state index contributed by atoms with van der Waals surface area (Å²) in [5.41, 5.74) is 1.65. The van der Waals surface area contributed by atoms with E-state index in [9.17, 15) is 0 Å². The number of halogens is 1. The molecule has 6 heteroatoms. The second-order valence-corrected chi connectivity index (χ2v) is 6.92. The summed E-state index contributed by atoms with van der Waals surface area (Å²) < 4.78 is 1.81. The van der Waals surface area contributed by atoms with Gasteiger partial charge < -0.3 is 4.90 Å². The lowest BCUT2D eigenvalue weighted by molar-refractivity contribution is 0.437. The van der Waals surface area contributed by atoms with Gasteiger partial charge in [-0.15, -0.1) is 0 Å². The molecular formula is C18H20ClN5. The molecule has 0 radical (unpaired) electrons. The lowest BCUT2D eigenvalue weighted by Gasteiger charge is -2.31. The third-order valence-corrected chi connectivity index (χ3v) is 5.00. The zero-order valence-electron chi connectivity index (χ0n) is 13.9. The minimum absolute atomic E-state index is 0.659. The second kappa shape index (κ2) is 6.06. The number of para-hydroxylation sites is 1. The fourth-order valence-electron chi connectivity index (χ4n) is 3.26. The van der Waals surface area contributed by atoms with Crippen molar-refractivity contribution in [2.75, 3.05) is 18.0 Å². The molecule has 4 rings (SSSR count). The lowest BCUT2D eigenvalue weighted by atomic mass is 9.99. The molecule has 3 heterocycles. The molecule has 1 saturated heterocycles. The van der Waals surface area contributed by atoms with Gasteiger partial charge in [0.25, 0.3) is 0 Å². The number of hydrogen-bond acceptors (Lipinski definition) is 4. The van der Waals surface area contributed by atoms with Gasteiger partial charge in [-0.3, -0.25) is 0 Å². The predicted molar refractivity (Wildman–Crippen MR) is 97.0 cm³/mol. The number of anilines is 1. The highest BCUT2D eigenvalue weighted by Crippen LogP contribution is 2.30. The van der Waals surface area contributed by atoms with Crippen molar-refractivity contribution in [2.45, 2.75) is 26.7 Å². The Labute approximate surface area is 146 Å². The standard InChI is InChI=1S/C18H20ClN5/c1-12-7-9-23(10-8-12)17-14-11-20-24(18(14)22-13(2)21-17)16-6-4-3-5-15(16)19/h3-6,11-12H,7-10H2,1-2H3. The number of hydrogen-bond donors (Lipinski definition) is 0. The monoisotopic (exact) mass is 341 g/mol. The van der Waals surface area contributed by atoms with E-state index in [1.54, 1.807) is 0 Å². The maximum Gasteiger partial charge on any atom is 0.168 e. The Balaban J connectivity index is 1.85. The number of piperidine rings is 1. The smallest absolute Gasteiger partial charge is 0.168 e. The molecule has 5 nitrogen and oxygen atoms in total. The van der Waals surface area contributed by atoms with Crippen LogP contribution in [0.1, 0.15) is 25.6 Å². The highest BCUT2D eigenvalue weighted by Gasteiger charge is 2.22. The van der Waals surface area contributed by atoms with Crippen LogP contribution in [0.25, 0.3) is 16.7 Å². The molecule has 0 N–H and O–H groups in total. The van der Waals surface area contributed by atoms with Gasteiger partial charge >= 0.3 is 0 Å². The van der Waals surface area contributed by atoms with Crippen LogP contribution in [0.4, 0.5) is 5.82 Å². The Morgan fingerprint density at radius 3 is 2.62 bits per heavy atom. The van der Waals surface area contributed by atoms with Crippen LogP contribution in [0.2, 0.25) is 5.02 Å². The Morgan fingerprint density at radius 1 is 1.12 bits per heavy atom. The van der Waals surface area contributed by atoms with Crippen LogP contribution >= 0.6 is 11.6 Å². The van der Waals surface area contributed by atoms with Crippen LogP contribution < -0.4 is 4.90 Å². The van der Waals surface area contributed by atoms with Gasteiger partial charge in [0.05, 0.1) is 22.3 Å². The van der Waals surface area contributed by atoms with Crippen LogP contribution in [-0.2, 0) is 0 Å². The summed E-state index contributed by atoms with van der Waals surface area (Å²) in [4.78, 5) is 11.7. The van der Waals surface area contributed by atoms with Crippen molar-refractivity contribution in [2.24, 2.45) is 5.92 Å². The molecule has 0 spiro atoms. The van der Waals surface area contributed by atoms with E-state index in [1.165, 1.54) is 12.8 Å². The highest BCUT2D eigenvalue weighted by molar-refractivity contribution is 6.32. The zero-order valence-corrected chi connectivity index (χ0v) is 14.7. The molecule has 0 bridgehead atoms. The maximum absolute atomic E-state index is 6.35. The Hall–Kier alpha value is -2.14. The Kier molecular flexibility index (Phi) is 3.88. The van der Waals surface area contributed by atoms with Crippen LogP contribution in [-0.4, -0.2) is 32.8 Å². The van der Waals surface area contributed by atoms with E-state index in [2.05, 4.69) is 21.9 Å². The van der Waals surface area contributed by atoms with Crippen molar-refractivity contribution < 1.29 is 0 Å². The van der Waals surface area contributed by atoms with Crippen LogP contribution in [0, 0.1) is 12.8 Å². The summed E-state index contributed by atoms with van der Waals surface area (Å²) in [6.45, 7) is 6.31. The zero-order chi connectivity index (χ0) is 16.7. The largest absolute Gasteiger partial charge is 0.356 e. The van der Waals surface area contributed by atoms with E-state index in [-0.39, 0.29) is 0 Å². The van der Waals surface area contributed by atoms with Gasteiger partial charge in [-0.25, -0.2) is 14.6 Å². The van der Waals surface area contributed by atoms with Crippen molar-refractivity contribution in [1.29, 1.82) is 0 Å². The number of benzene rings is 1. The molecule has 2 aromatic heterocycles. The third kappa shape index (κ3) is 2.63. The van der Waals surface area contributed by atoms with Gasteiger partial charge in [0, 0.05) is 13.1 Å². The highest BCUT2D eigenvalue weighted by atomic mass is 35.5. The van der Waals surface area contributed by atoms with Crippen molar-refractivity contribution in [1.82, 2.24) is 19.7 Å². The molecule has 1 aromatic carbocycles. The minimum atomic E-state index is 0.659. The molecular weight excluding hydrogens is 322 g/mol. The number of rotatable bonds is 2. The second-order valence-electron chi connectivity index (χ2n) is 6.51. The molecule has 1 fully saturated rings. The molecule has 24 heavy (non-hydrogen) atoms. The normalized spacial score (nSPS) is 16.0. The number of fused-ring (bicyclic) bond motifs is 1. The molecule has 0 aliphatic carbocycles. The van der Waals surface area contributed by atoms with Gasteiger partial charge in [-0.1, -0.05) is 30.7 Å². The molecule has 0 saturated carbocycles. The fourth-order valence-corrected chi connectivity index (χ4v) is 3.48.